The second-order valence-corrected chi connectivity index (χ2v) is 7.81. The van der Waals surface area contributed by atoms with Crippen LogP contribution in [-0.2, 0) is 17.8 Å². The highest BCUT2D eigenvalue weighted by atomic mass is 16.2. The Morgan fingerprint density at radius 3 is 2.67 bits per heavy atom. The van der Waals surface area contributed by atoms with Crippen LogP contribution in [0.1, 0.15) is 41.3 Å². The van der Waals surface area contributed by atoms with Crippen molar-refractivity contribution in [3.05, 3.63) is 65.5 Å². The first-order chi connectivity index (χ1) is 14.6. The molecule has 7 heteroatoms. The van der Waals surface area contributed by atoms with Gasteiger partial charge >= 0.3 is 6.03 Å². The lowest BCUT2D eigenvalue weighted by atomic mass is 9.92. The summed E-state index contributed by atoms with van der Waals surface area (Å²) in [6, 6.07) is 9.91. The van der Waals surface area contributed by atoms with Gasteiger partial charge < -0.3 is 10.2 Å². The van der Waals surface area contributed by atoms with Gasteiger partial charge in [0.25, 0.3) is 0 Å². The molecule has 2 unspecified atom stereocenters. The molecule has 2 atom stereocenters. The Kier molecular flexibility index (Phi) is 5.90. The molecule has 30 heavy (non-hydrogen) atoms. The molecule has 1 aromatic heterocycles. The van der Waals surface area contributed by atoms with Crippen LogP contribution in [0.4, 0.5) is 4.79 Å². The zero-order chi connectivity index (χ0) is 21.1. The largest absolute Gasteiger partial charge is 0.327 e. The number of nitrogens with zero attached hydrogens (tertiary/aromatic N) is 3. The van der Waals surface area contributed by atoms with E-state index in [1.165, 1.54) is 4.90 Å². The standard InChI is InChI=1S/C23H26N4O3/c1-2-16-7-9-18(10-8-16)20(28)15-26-19-6-4-12-25-21(19)22(29)27(23(26)30)14-17-5-3-11-24-13-17/h3,5,7-11,13,19,21,25H,2,4,6,12,14-15H2,1H3. The van der Waals surface area contributed by atoms with Gasteiger partial charge in [-0.3, -0.25) is 19.5 Å². The molecule has 0 bridgehead atoms. The average molecular weight is 406 g/mol. The number of nitrogens with one attached hydrogen (secondary N) is 1. The topological polar surface area (TPSA) is 82.6 Å². The van der Waals surface area contributed by atoms with Crippen LogP contribution in [0.25, 0.3) is 0 Å². The van der Waals surface area contributed by atoms with Crippen molar-refractivity contribution in [1.82, 2.24) is 20.1 Å². The fourth-order valence-electron chi connectivity index (χ4n) is 4.20. The Bertz CT molecular complexity index is 929. The fraction of sp³-hybridized carbons (Fsp3) is 0.391. The highest BCUT2D eigenvalue weighted by Crippen LogP contribution is 2.26. The molecular formula is C23H26N4O3. The van der Waals surface area contributed by atoms with Crippen LogP contribution in [-0.4, -0.2) is 57.7 Å². The molecule has 2 aromatic rings. The maximum Gasteiger partial charge on any atom is 0.327 e. The number of rotatable bonds is 6. The Hall–Kier alpha value is -3.06. The summed E-state index contributed by atoms with van der Waals surface area (Å²) in [6.45, 7) is 2.89. The number of ketones is 1. The minimum atomic E-state index is -0.483. The lowest BCUT2D eigenvalue weighted by Gasteiger charge is -2.46. The SMILES string of the molecule is CCc1ccc(C(=O)CN2C(=O)N(Cc3cccnc3)C(=O)C3NCCCC32)cc1. The number of piperidine rings is 1. The number of urea groups is 1. The van der Waals surface area contributed by atoms with Gasteiger partial charge in [0.05, 0.1) is 19.1 Å². The number of aromatic nitrogens is 1. The van der Waals surface area contributed by atoms with Crippen molar-refractivity contribution < 1.29 is 14.4 Å². The third-order valence-corrected chi connectivity index (χ3v) is 5.90. The van der Waals surface area contributed by atoms with E-state index in [1.54, 1.807) is 23.4 Å². The summed E-state index contributed by atoms with van der Waals surface area (Å²) in [4.78, 5) is 46.2. The normalized spacial score (nSPS) is 21.5. The molecule has 0 saturated carbocycles. The molecule has 3 heterocycles. The van der Waals surface area contributed by atoms with E-state index in [0.717, 1.165) is 30.5 Å². The molecule has 3 amide bonds. The number of pyridine rings is 1. The van der Waals surface area contributed by atoms with Crippen molar-refractivity contribution in [1.29, 1.82) is 0 Å². The Morgan fingerprint density at radius 2 is 1.97 bits per heavy atom. The zero-order valence-electron chi connectivity index (χ0n) is 17.1. The van der Waals surface area contributed by atoms with E-state index >= 15 is 0 Å². The fourth-order valence-corrected chi connectivity index (χ4v) is 4.20. The summed E-state index contributed by atoms with van der Waals surface area (Å²) in [6.07, 6.45) is 5.76. The van der Waals surface area contributed by atoms with Crippen LogP contribution in [0.15, 0.2) is 48.8 Å². The smallest absolute Gasteiger partial charge is 0.311 e. The van der Waals surface area contributed by atoms with Gasteiger partial charge in [0.2, 0.25) is 5.91 Å². The summed E-state index contributed by atoms with van der Waals surface area (Å²) in [5.41, 5.74) is 2.51. The number of carbonyl (C=O) groups excluding carboxylic acids is 3. The molecule has 4 rings (SSSR count). The quantitative estimate of drug-likeness (QED) is 0.745. The van der Waals surface area contributed by atoms with Crippen LogP contribution < -0.4 is 5.32 Å². The van der Waals surface area contributed by atoms with Gasteiger partial charge in [0.15, 0.2) is 5.78 Å². The van der Waals surface area contributed by atoms with Crippen molar-refractivity contribution in [2.75, 3.05) is 13.1 Å². The summed E-state index contributed by atoms with van der Waals surface area (Å²) in [5.74, 6) is -0.351. The number of Topliss-reactive ketones (excluding diaryl/α,β-unsaturated/α-hetero) is 1. The van der Waals surface area contributed by atoms with Crippen molar-refractivity contribution in [2.24, 2.45) is 0 Å². The van der Waals surface area contributed by atoms with Gasteiger partial charge in [-0.25, -0.2) is 4.79 Å². The van der Waals surface area contributed by atoms with E-state index in [1.807, 2.05) is 30.3 Å². The van der Waals surface area contributed by atoms with E-state index < -0.39 is 12.1 Å². The van der Waals surface area contributed by atoms with Crippen molar-refractivity contribution in [2.45, 2.75) is 44.8 Å². The number of amides is 3. The number of aryl methyl sites for hydroxylation is 1. The number of carbonyl (C=O) groups is 3. The Balaban J connectivity index is 1.58. The van der Waals surface area contributed by atoms with E-state index in [4.69, 9.17) is 0 Å². The molecule has 1 N–H and O–H groups in total. The Labute approximate surface area is 176 Å². The molecule has 7 nitrogen and oxygen atoms in total. The summed E-state index contributed by atoms with van der Waals surface area (Å²) >= 11 is 0. The predicted octanol–water partition coefficient (Wildman–Crippen LogP) is 2.41. The number of fused-ring (bicyclic) bond motifs is 1. The first kappa shape index (κ1) is 20.2. The third kappa shape index (κ3) is 3.98. The van der Waals surface area contributed by atoms with Crippen LogP contribution >= 0.6 is 0 Å². The second-order valence-electron chi connectivity index (χ2n) is 7.81. The van der Waals surface area contributed by atoms with Gasteiger partial charge in [-0.2, -0.15) is 0 Å². The zero-order valence-corrected chi connectivity index (χ0v) is 17.1. The molecule has 2 aliphatic rings. The van der Waals surface area contributed by atoms with Crippen LogP contribution in [0, 0.1) is 0 Å². The number of imide groups is 1. The lowest BCUT2D eigenvalue weighted by molar-refractivity contribution is -0.137. The number of benzene rings is 1. The molecule has 2 saturated heterocycles. The van der Waals surface area contributed by atoms with Crippen LogP contribution in [0.3, 0.4) is 0 Å². The van der Waals surface area contributed by atoms with E-state index in [9.17, 15) is 14.4 Å². The Morgan fingerprint density at radius 1 is 1.17 bits per heavy atom. The van der Waals surface area contributed by atoms with Gasteiger partial charge in [0, 0.05) is 18.0 Å². The monoisotopic (exact) mass is 406 g/mol. The molecule has 1 aromatic carbocycles. The molecule has 2 fully saturated rings. The minimum absolute atomic E-state index is 0.0377. The molecule has 0 radical (unpaired) electrons. The van der Waals surface area contributed by atoms with E-state index in [2.05, 4.69) is 17.2 Å². The minimum Gasteiger partial charge on any atom is -0.311 e. The summed E-state index contributed by atoms with van der Waals surface area (Å²) in [7, 11) is 0. The van der Waals surface area contributed by atoms with Crippen LogP contribution in [0.2, 0.25) is 0 Å². The number of hydrogen-bond acceptors (Lipinski definition) is 5. The number of hydrogen-bond donors (Lipinski definition) is 1. The van der Waals surface area contributed by atoms with E-state index in [0.29, 0.717) is 12.0 Å². The maximum atomic E-state index is 13.3. The molecular weight excluding hydrogens is 380 g/mol. The molecule has 2 aliphatic heterocycles. The van der Waals surface area contributed by atoms with Crippen molar-refractivity contribution in [3.8, 4) is 0 Å². The van der Waals surface area contributed by atoms with Gasteiger partial charge in [0.1, 0.15) is 6.04 Å². The summed E-state index contributed by atoms with van der Waals surface area (Å²) < 4.78 is 0. The highest BCUT2D eigenvalue weighted by Gasteiger charge is 2.47. The maximum absolute atomic E-state index is 13.3. The molecule has 0 aliphatic carbocycles. The van der Waals surface area contributed by atoms with Gasteiger partial charge in [-0.1, -0.05) is 37.3 Å². The van der Waals surface area contributed by atoms with E-state index in [-0.39, 0.29) is 30.8 Å². The van der Waals surface area contributed by atoms with Gasteiger partial charge in [-0.05, 0) is 43.0 Å². The predicted molar refractivity (Wildman–Crippen MR) is 112 cm³/mol. The second kappa shape index (κ2) is 8.75. The first-order valence-corrected chi connectivity index (χ1v) is 10.4. The lowest BCUT2D eigenvalue weighted by Crippen LogP contribution is -2.69. The summed E-state index contributed by atoms with van der Waals surface area (Å²) in [5, 5.41) is 3.25. The van der Waals surface area contributed by atoms with Crippen molar-refractivity contribution >= 4 is 17.7 Å². The molecule has 156 valence electrons. The molecule has 0 spiro atoms. The van der Waals surface area contributed by atoms with Gasteiger partial charge in [-0.15, -0.1) is 0 Å². The average Bonchev–Trinajstić information content (AvgIpc) is 2.80. The third-order valence-electron chi connectivity index (χ3n) is 5.90. The first-order valence-electron chi connectivity index (χ1n) is 10.4. The van der Waals surface area contributed by atoms with Crippen molar-refractivity contribution in [3.63, 3.8) is 0 Å². The van der Waals surface area contributed by atoms with Crippen LogP contribution in [0.5, 0.6) is 0 Å². The highest BCUT2D eigenvalue weighted by molar-refractivity contribution is 6.04.